The van der Waals surface area contributed by atoms with Gasteiger partial charge in [-0.25, -0.2) is 9.11 Å². The van der Waals surface area contributed by atoms with E-state index in [2.05, 4.69) is 6.92 Å². The molecule has 6 nitrogen and oxygen atoms in total. The fourth-order valence-electron chi connectivity index (χ4n) is 5.12. The Morgan fingerprint density at radius 2 is 1.97 bits per heavy atom. The SMILES string of the molecule is CC[C@H]1C[C@@H]2CCC1C2.O=C(NS(=O)(=O)N1CCC1)c1cc(C2CC2)c(O)cc1F.[HH]. The first-order valence-corrected chi connectivity index (χ1v) is 12.6. The van der Waals surface area contributed by atoms with Gasteiger partial charge in [-0.3, -0.25) is 4.79 Å². The van der Waals surface area contributed by atoms with Crippen LogP contribution >= 0.6 is 0 Å². The van der Waals surface area contributed by atoms with Crippen molar-refractivity contribution in [2.75, 3.05) is 13.1 Å². The minimum absolute atomic E-state index is 0. The van der Waals surface area contributed by atoms with Gasteiger partial charge in [-0.2, -0.15) is 12.7 Å². The summed E-state index contributed by atoms with van der Waals surface area (Å²) >= 11 is 0. The molecule has 30 heavy (non-hydrogen) atoms. The predicted molar refractivity (Wildman–Crippen MR) is 114 cm³/mol. The van der Waals surface area contributed by atoms with Gasteiger partial charge in [0, 0.05) is 20.6 Å². The second kappa shape index (κ2) is 8.46. The highest BCUT2D eigenvalue weighted by atomic mass is 32.2. The molecule has 3 saturated carbocycles. The fourth-order valence-corrected chi connectivity index (χ4v) is 6.33. The van der Waals surface area contributed by atoms with Crippen LogP contribution in [0.4, 0.5) is 4.39 Å². The van der Waals surface area contributed by atoms with E-state index < -0.39 is 21.9 Å². The summed E-state index contributed by atoms with van der Waals surface area (Å²) in [6.45, 7) is 3.06. The molecule has 2 bridgehead atoms. The van der Waals surface area contributed by atoms with Gasteiger partial charge >= 0.3 is 10.2 Å². The number of rotatable bonds is 5. The van der Waals surface area contributed by atoms with Crippen LogP contribution in [0.5, 0.6) is 5.75 Å². The Hall–Kier alpha value is -1.67. The number of carbonyl (C=O) groups excluding carboxylic acids is 1. The molecule has 4 aliphatic rings. The monoisotopic (exact) mass is 440 g/mol. The molecule has 0 radical (unpaired) electrons. The van der Waals surface area contributed by atoms with E-state index >= 15 is 0 Å². The van der Waals surface area contributed by atoms with Crippen molar-refractivity contribution in [3.63, 3.8) is 0 Å². The molecule has 5 rings (SSSR count). The van der Waals surface area contributed by atoms with Crippen molar-refractivity contribution >= 4 is 16.1 Å². The first-order valence-electron chi connectivity index (χ1n) is 11.1. The minimum Gasteiger partial charge on any atom is -0.508 e. The molecular weight excluding hydrogens is 407 g/mol. The number of halogens is 1. The van der Waals surface area contributed by atoms with Crippen molar-refractivity contribution in [3.05, 3.63) is 29.1 Å². The van der Waals surface area contributed by atoms with Crippen LogP contribution in [0.2, 0.25) is 0 Å². The lowest BCUT2D eigenvalue weighted by Crippen LogP contribution is -2.49. The van der Waals surface area contributed by atoms with Crippen molar-refractivity contribution in [2.24, 2.45) is 17.8 Å². The first kappa shape index (κ1) is 21.6. The Kier molecular flexibility index (Phi) is 6.08. The lowest BCUT2D eigenvalue weighted by molar-refractivity contribution is 0.0973. The van der Waals surface area contributed by atoms with Gasteiger partial charge in [0.1, 0.15) is 11.6 Å². The third-order valence-corrected chi connectivity index (χ3v) is 8.65. The van der Waals surface area contributed by atoms with Crippen LogP contribution in [0.1, 0.15) is 81.6 Å². The number of aromatic hydroxyl groups is 1. The van der Waals surface area contributed by atoms with Crippen molar-refractivity contribution in [1.29, 1.82) is 0 Å². The van der Waals surface area contributed by atoms with E-state index in [4.69, 9.17) is 0 Å². The van der Waals surface area contributed by atoms with Gasteiger partial charge in [-0.05, 0) is 73.8 Å². The summed E-state index contributed by atoms with van der Waals surface area (Å²) in [7, 11) is -3.91. The molecule has 0 spiro atoms. The highest BCUT2D eigenvalue weighted by Crippen LogP contribution is 2.49. The smallest absolute Gasteiger partial charge is 0.304 e. The molecule has 1 unspecified atom stereocenters. The number of amides is 1. The molecule has 1 saturated heterocycles. The van der Waals surface area contributed by atoms with Gasteiger partial charge in [-0.15, -0.1) is 0 Å². The molecule has 8 heteroatoms. The summed E-state index contributed by atoms with van der Waals surface area (Å²) in [5.41, 5.74) is 0.127. The maximum atomic E-state index is 13.8. The van der Waals surface area contributed by atoms with Crippen LogP contribution in [0.25, 0.3) is 0 Å². The zero-order valence-corrected chi connectivity index (χ0v) is 18.3. The van der Waals surface area contributed by atoms with Crippen LogP contribution in [0.15, 0.2) is 12.1 Å². The van der Waals surface area contributed by atoms with Crippen molar-refractivity contribution in [3.8, 4) is 5.75 Å². The van der Waals surface area contributed by atoms with Crippen LogP contribution < -0.4 is 4.72 Å². The van der Waals surface area contributed by atoms with Crippen LogP contribution in [0.3, 0.4) is 0 Å². The van der Waals surface area contributed by atoms with Crippen molar-refractivity contribution in [2.45, 2.75) is 64.2 Å². The number of hydrogen-bond acceptors (Lipinski definition) is 4. The number of fused-ring (bicyclic) bond motifs is 2. The van der Waals surface area contributed by atoms with Gasteiger partial charge in [0.25, 0.3) is 5.91 Å². The highest BCUT2D eigenvalue weighted by Gasteiger charge is 2.38. The van der Waals surface area contributed by atoms with Crippen LogP contribution in [-0.4, -0.2) is 36.8 Å². The average molecular weight is 441 g/mol. The van der Waals surface area contributed by atoms with E-state index in [9.17, 15) is 22.7 Å². The Morgan fingerprint density at radius 3 is 2.43 bits per heavy atom. The topological polar surface area (TPSA) is 86.7 Å². The molecule has 3 atom stereocenters. The molecule has 168 valence electrons. The van der Waals surface area contributed by atoms with E-state index in [-0.39, 0.29) is 18.7 Å². The molecule has 1 aromatic carbocycles. The third kappa shape index (κ3) is 4.49. The lowest BCUT2D eigenvalue weighted by atomic mass is 9.87. The van der Waals surface area contributed by atoms with Gasteiger partial charge < -0.3 is 5.11 Å². The lowest BCUT2D eigenvalue weighted by Gasteiger charge is -2.29. The highest BCUT2D eigenvalue weighted by molar-refractivity contribution is 7.87. The molecule has 0 aromatic heterocycles. The summed E-state index contributed by atoms with van der Waals surface area (Å²) in [6, 6.07) is 2.10. The van der Waals surface area contributed by atoms with Gasteiger partial charge in [0.05, 0.1) is 5.56 Å². The minimum atomic E-state index is -3.91. The number of phenols is 1. The molecule has 1 heterocycles. The second-order valence-electron chi connectivity index (χ2n) is 9.20. The maximum absolute atomic E-state index is 13.8. The van der Waals surface area contributed by atoms with E-state index in [1.165, 1.54) is 12.5 Å². The largest absolute Gasteiger partial charge is 0.508 e. The van der Waals surface area contributed by atoms with E-state index in [0.717, 1.165) is 47.4 Å². The van der Waals surface area contributed by atoms with E-state index in [0.29, 0.717) is 18.7 Å². The Labute approximate surface area is 179 Å². The molecule has 1 amide bonds. The van der Waals surface area contributed by atoms with Crippen LogP contribution in [-0.2, 0) is 10.2 Å². The number of benzene rings is 1. The summed E-state index contributed by atoms with van der Waals surface area (Å²) in [6.07, 6.45) is 10.2. The Morgan fingerprint density at radius 1 is 1.23 bits per heavy atom. The van der Waals surface area contributed by atoms with E-state index in [1.807, 2.05) is 4.72 Å². The van der Waals surface area contributed by atoms with Crippen molar-refractivity contribution < 1.29 is 24.1 Å². The molecule has 2 N–H and O–H groups in total. The zero-order chi connectivity index (χ0) is 21.5. The Bertz CT molecular complexity index is 918. The molecule has 1 aliphatic heterocycles. The maximum Gasteiger partial charge on any atom is 0.304 e. The first-order chi connectivity index (χ1) is 14.3. The molecule has 1 aromatic rings. The van der Waals surface area contributed by atoms with Gasteiger partial charge in [0.2, 0.25) is 0 Å². The number of nitrogens with one attached hydrogen (secondary N) is 1. The fraction of sp³-hybridized carbons (Fsp3) is 0.682. The van der Waals surface area contributed by atoms with Crippen molar-refractivity contribution in [1.82, 2.24) is 9.03 Å². The average Bonchev–Trinajstić information content (AvgIpc) is 3.25. The Balaban J connectivity index is 0.000000227. The molecule has 4 fully saturated rings. The number of phenolic OH excluding ortho intramolecular Hbond substituents is 1. The number of carbonyl (C=O) groups is 1. The summed E-state index contributed by atoms with van der Waals surface area (Å²) in [4.78, 5) is 12.0. The van der Waals surface area contributed by atoms with E-state index in [1.54, 1.807) is 25.7 Å². The summed E-state index contributed by atoms with van der Waals surface area (Å²) < 4.78 is 40.4. The molecule has 3 aliphatic carbocycles. The standard InChI is InChI=1S/C13H15FN2O4S.C9H16.H2/c14-11-7-12(17)9(8-2-3-8)6-10(11)13(18)15-21(19,20)16-4-1-5-16;1-2-8-5-7-3-4-9(8)6-7;/h6-8,17H,1-5H2,(H,15,18);7-9H,2-6H2,1H3;1H/t;7-,8-,9?;/m.0./s1. The summed E-state index contributed by atoms with van der Waals surface area (Å²) in [5, 5.41) is 9.68. The quantitative estimate of drug-likeness (QED) is 0.720. The predicted octanol–water partition coefficient (Wildman–Crippen LogP) is 4.17. The number of hydrogen-bond donors (Lipinski definition) is 2. The zero-order valence-electron chi connectivity index (χ0n) is 17.4. The van der Waals surface area contributed by atoms with Crippen LogP contribution in [0, 0.1) is 23.6 Å². The second-order valence-corrected chi connectivity index (χ2v) is 10.9. The third-order valence-electron chi connectivity index (χ3n) is 7.16. The normalized spacial score (nSPS) is 27.9. The summed E-state index contributed by atoms with van der Waals surface area (Å²) in [5.74, 6) is 1.40. The van der Waals surface area contributed by atoms with Gasteiger partial charge in [0.15, 0.2) is 0 Å². The van der Waals surface area contributed by atoms with Gasteiger partial charge in [-0.1, -0.05) is 19.8 Å². The molecular formula is C22H33FN2O4S. The number of nitrogens with zero attached hydrogens (tertiary/aromatic N) is 1.